The molecule has 0 amide bonds. The summed E-state index contributed by atoms with van der Waals surface area (Å²) in [5.41, 5.74) is 0. The average molecular weight is 222 g/mol. The molecule has 0 unspecified atom stereocenters. The highest BCUT2D eigenvalue weighted by Crippen LogP contribution is 2.08. The number of hydrogen-bond donors (Lipinski definition) is 0. The van der Waals surface area contributed by atoms with E-state index in [1.165, 1.54) is 35.2 Å². The van der Waals surface area contributed by atoms with Gasteiger partial charge in [0.2, 0.25) is 0 Å². The quantitative estimate of drug-likeness (QED) is 0.397. The third-order valence-corrected chi connectivity index (χ3v) is 1.40. The van der Waals surface area contributed by atoms with Crippen molar-refractivity contribution in [1.82, 2.24) is 0 Å². The third-order valence-electron chi connectivity index (χ3n) is 1.40. The van der Waals surface area contributed by atoms with E-state index >= 15 is 0 Å². The molecule has 0 saturated carbocycles. The predicted octanol–water partition coefficient (Wildman–Crippen LogP) is 0.695. The van der Waals surface area contributed by atoms with Crippen LogP contribution < -0.4 is 0 Å². The van der Waals surface area contributed by atoms with Gasteiger partial charge in [0.25, 0.3) is 5.97 Å². The van der Waals surface area contributed by atoms with Crippen molar-refractivity contribution in [3.8, 4) is 0 Å². The molecule has 0 saturated heterocycles. The summed E-state index contributed by atoms with van der Waals surface area (Å²) in [6, 6.07) is 0. The van der Waals surface area contributed by atoms with E-state index in [4.69, 9.17) is 14.2 Å². The van der Waals surface area contributed by atoms with E-state index in [2.05, 4.69) is 4.74 Å². The summed E-state index contributed by atoms with van der Waals surface area (Å²) in [4.78, 5) is 19.6. The Morgan fingerprint density at radius 1 is 0.867 bits per heavy atom. The first kappa shape index (κ1) is 16.4. The first-order valence-corrected chi connectivity index (χ1v) is 4.15. The Hall–Kier alpha value is -0.980. The van der Waals surface area contributed by atoms with Crippen molar-refractivity contribution in [1.29, 1.82) is 0 Å². The zero-order chi connectivity index (χ0) is 12.5. The first-order valence-electron chi connectivity index (χ1n) is 4.15. The van der Waals surface area contributed by atoms with Gasteiger partial charge in [-0.05, 0) is 0 Å². The van der Waals surface area contributed by atoms with Gasteiger partial charge in [0.15, 0.2) is 0 Å². The minimum absolute atomic E-state index is 0.562. The number of ether oxygens (including phenoxy) is 4. The van der Waals surface area contributed by atoms with Gasteiger partial charge in [0, 0.05) is 42.1 Å². The van der Waals surface area contributed by atoms with Crippen LogP contribution in [-0.2, 0) is 28.5 Å². The maximum Gasteiger partial charge on any atom is 0.310 e. The summed E-state index contributed by atoms with van der Waals surface area (Å²) in [7, 11) is 4.56. The number of hydrogen-bond acceptors (Lipinski definition) is 6. The van der Waals surface area contributed by atoms with Gasteiger partial charge < -0.3 is 18.9 Å². The number of methoxy groups -OCH3 is 3. The standard InChI is InChI=1S/C5H12O3.C4H6O3/c1-5(6-2,7-3)8-4;1-3(5)7-4(2)6/h1-4H3;1-2H3. The van der Waals surface area contributed by atoms with Crippen LogP contribution in [0.3, 0.4) is 0 Å². The van der Waals surface area contributed by atoms with E-state index in [1.807, 2.05) is 0 Å². The van der Waals surface area contributed by atoms with Crippen molar-refractivity contribution in [3.63, 3.8) is 0 Å². The molecule has 0 aliphatic carbocycles. The molecule has 0 aliphatic heterocycles. The van der Waals surface area contributed by atoms with Gasteiger partial charge >= 0.3 is 11.9 Å². The maximum atomic E-state index is 9.81. The van der Waals surface area contributed by atoms with Gasteiger partial charge in [-0.3, -0.25) is 9.59 Å². The van der Waals surface area contributed by atoms with E-state index in [1.54, 1.807) is 6.92 Å². The normalized spacial score (nSPS) is 10.0. The molecule has 0 rings (SSSR count). The molecular weight excluding hydrogens is 204 g/mol. The largest absolute Gasteiger partial charge is 0.394 e. The summed E-state index contributed by atoms with van der Waals surface area (Å²) in [6.45, 7) is 4.05. The van der Waals surface area contributed by atoms with E-state index in [-0.39, 0.29) is 0 Å². The molecule has 0 radical (unpaired) electrons. The average Bonchev–Trinajstić information content (AvgIpc) is 2.15. The molecule has 0 bridgehead atoms. The summed E-state index contributed by atoms with van der Waals surface area (Å²) in [5.74, 6) is -2.00. The highest BCUT2D eigenvalue weighted by atomic mass is 16.9. The van der Waals surface area contributed by atoms with Crippen LogP contribution >= 0.6 is 0 Å². The summed E-state index contributed by atoms with van der Waals surface area (Å²) in [5, 5.41) is 0. The molecule has 6 heteroatoms. The van der Waals surface area contributed by atoms with Crippen LogP contribution in [0.4, 0.5) is 0 Å². The van der Waals surface area contributed by atoms with E-state index in [0.717, 1.165) is 0 Å². The minimum atomic E-state index is -0.875. The number of carbonyl (C=O) groups is 2. The second kappa shape index (κ2) is 8.34. The van der Waals surface area contributed by atoms with Crippen molar-refractivity contribution < 1.29 is 28.5 Å². The Morgan fingerprint density at radius 3 is 1.13 bits per heavy atom. The molecule has 0 aromatic carbocycles. The van der Waals surface area contributed by atoms with Crippen LogP contribution in [0, 0.1) is 0 Å². The Morgan fingerprint density at radius 2 is 1.13 bits per heavy atom. The van der Waals surface area contributed by atoms with Gasteiger partial charge in [-0.2, -0.15) is 0 Å². The van der Waals surface area contributed by atoms with Gasteiger partial charge in [-0.15, -0.1) is 0 Å². The van der Waals surface area contributed by atoms with Crippen LogP contribution in [-0.4, -0.2) is 39.2 Å². The Bertz CT molecular complexity index is 177. The van der Waals surface area contributed by atoms with Gasteiger partial charge in [0.05, 0.1) is 0 Å². The van der Waals surface area contributed by atoms with Crippen LogP contribution in [0.15, 0.2) is 0 Å². The van der Waals surface area contributed by atoms with E-state index in [9.17, 15) is 9.59 Å². The Labute approximate surface area is 89.4 Å². The Balaban J connectivity index is 0. The summed E-state index contributed by atoms with van der Waals surface area (Å²) < 4.78 is 18.3. The SMILES string of the molecule is CC(=O)OC(C)=O.COC(C)(OC)OC. The zero-order valence-electron chi connectivity index (χ0n) is 9.95. The summed E-state index contributed by atoms with van der Waals surface area (Å²) >= 11 is 0. The van der Waals surface area contributed by atoms with Gasteiger partial charge in [0.1, 0.15) is 0 Å². The number of carbonyl (C=O) groups excluding carboxylic acids is 2. The van der Waals surface area contributed by atoms with Crippen molar-refractivity contribution in [2.75, 3.05) is 21.3 Å². The second-order valence-corrected chi connectivity index (χ2v) is 2.56. The molecule has 0 spiro atoms. The van der Waals surface area contributed by atoms with Crippen LogP contribution in [0.5, 0.6) is 0 Å². The molecule has 0 fully saturated rings. The fourth-order valence-electron chi connectivity index (χ4n) is 0.452. The molecule has 0 aromatic heterocycles. The van der Waals surface area contributed by atoms with Crippen molar-refractivity contribution in [2.45, 2.75) is 26.7 Å². The lowest BCUT2D eigenvalue weighted by Crippen LogP contribution is -2.31. The van der Waals surface area contributed by atoms with Gasteiger partial charge in [-0.1, -0.05) is 0 Å². The lowest BCUT2D eigenvalue weighted by molar-refractivity contribution is -0.340. The monoisotopic (exact) mass is 222 g/mol. The van der Waals surface area contributed by atoms with Gasteiger partial charge in [-0.25, -0.2) is 0 Å². The lowest BCUT2D eigenvalue weighted by atomic mass is 10.6. The minimum Gasteiger partial charge on any atom is -0.394 e. The van der Waals surface area contributed by atoms with Crippen molar-refractivity contribution in [2.24, 2.45) is 0 Å². The highest BCUT2D eigenvalue weighted by molar-refractivity contribution is 5.82. The molecule has 6 nitrogen and oxygen atoms in total. The van der Waals surface area contributed by atoms with Crippen LogP contribution in [0.2, 0.25) is 0 Å². The fraction of sp³-hybridized carbons (Fsp3) is 0.778. The molecule has 0 N–H and O–H groups in total. The third kappa shape index (κ3) is 10.9. The second-order valence-electron chi connectivity index (χ2n) is 2.56. The maximum absolute atomic E-state index is 9.81. The molecule has 0 heterocycles. The highest BCUT2D eigenvalue weighted by Gasteiger charge is 2.20. The number of rotatable bonds is 3. The first-order chi connectivity index (χ1) is 6.81. The topological polar surface area (TPSA) is 71.1 Å². The molecular formula is C9H18O6. The summed E-state index contributed by atoms with van der Waals surface area (Å²) in [6.07, 6.45) is 0. The molecule has 0 aliphatic rings. The fourth-order valence-corrected chi connectivity index (χ4v) is 0.452. The molecule has 90 valence electrons. The molecule has 0 aromatic rings. The smallest absolute Gasteiger partial charge is 0.310 e. The predicted molar refractivity (Wildman–Crippen MR) is 51.9 cm³/mol. The van der Waals surface area contributed by atoms with E-state index < -0.39 is 17.9 Å². The van der Waals surface area contributed by atoms with Crippen LogP contribution in [0.25, 0.3) is 0 Å². The van der Waals surface area contributed by atoms with E-state index in [0.29, 0.717) is 0 Å². The number of esters is 2. The van der Waals surface area contributed by atoms with Crippen molar-refractivity contribution in [3.05, 3.63) is 0 Å². The lowest BCUT2D eigenvalue weighted by Gasteiger charge is -2.23. The van der Waals surface area contributed by atoms with Crippen LogP contribution in [0.1, 0.15) is 20.8 Å². The molecule has 0 atom stereocenters. The molecule has 15 heavy (non-hydrogen) atoms. The zero-order valence-corrected chi connectivity index (χ0v) is 9.95. The Kier molecular flexibility index (Phi) is 9.14. The van der Waals surface area contributed by atoms with Crippen molar-refractivity contribution >= 4 is 11.9 Å².